The summed E-state index contributed by atoms with van der Waals surface area (Å²) in [5.41, 5.74) is 11.4. The van der Waals surface area contributed by atoms with Crippen LogP contribution in [-0.4, -0.2) is 82.6 Å². The highest BCUT2D eigenvalue weighted by atomic mass is 32.2. The van der Waals surface area contributed by atoms with Crippen LogP contribution >= 0.6 is 11.8 Å². The fourth-order valence-electron chi connectivity index (χ4n) is 3.16. The van der Waals surface area contributed by atoms with Crippen LogP contribution in [0.15, 0.2) is 0 Å². The summed E-state index contributed by atoms with van der Waals surface area (Å²) in [4.78, 5) is 61.0. The normalized spacial score (nSPS) is 15.2. The van der Waals surface area contributed by atoms with Gasteiger partial charge in [0, 0.05) is 6.42 Å². The molecule has 3 amide bonds. The van der Waals surface area contributed by atoms with Gasteiger partial charge in [0.2, 0.25) is 17.7 Å². The number of carbonyl (C=O) groups excluding carboxylic acids is 3. The first-order valence-corrected chi connectivity index (χ1v) is 13.2. The lowest BCUT2D eigenvalue weighted by molar-refractivity contribution is -0.144. The van der Waals surface area contributed by atoms with E-state index in [4.69, 9.17) is 16.6 Å². The molecule has 5 unspecified atom stereocenters. The Morgan fingerprint density at radius 2 is 1.46 bits per heavy atom. The minimum atomic E-state index is -1.23. The lowest BCUT2D eigenvalue weighted by Crippen LogP contribution is -2.57. The summed E-state index contributed by atoms with van der Waals surface area (Å²) in [7, 11) is 0. The van der Waals surface area contributed by atoms with Crippen molar-refractivity contribution in [1.29, 1.82) is 0 Å². The summed E-state index contributed by atoms with van der Waals surface area (Å²) in [5, 5.41) is 26.0. The van der Waals surface area contributed by atoms with Gasteiger partial charge in [-0.3, -0.25) is 19.2 Å². The van der Waals surface area contributed by atoms with Crippen LogP contribution in [0.25, 0.3) is 0 Å². The predicted molar refractivity (Wildman–Crippen MR) is 134 cm³/mol. The number of amides is 3. The molecule has 35 heavy (non-hydrogen) atoms. The molecule has 0 fully saturated rings. The van der Waals surface area contributed by atoms with Crippen LogP contribution in [0.2, 0.25) is 0 Å². The highest BCUT2D eigenvalue weighted by Gasteiger charge is 2.31. The van der Waals surface area contributed by atoms with E-state index in [0.717, 1.165) is 0 Å². The first-order valence-electron chi connectivity index (χ1n) is 11.8. The standard InChI is InChI=1S/C22H41N5O7S/c1-4-13(2)18(22(33)34)27-21(32)15(7-5-6-11-23)26-20(31)16(8-9-17(28)29)25-19(30)14(24)10-12-35-3/h13-16,18H,4-12,23-24H2,1-3H3,(H,25,30)(H,26,31)(H,27,32)(H,28,29)(H,33,34). The molecule has 0 aromatic carbocycles. The Morgan fingerprint density at radius 1 is 0.886 bits per heavy atom. The molecule has 0 spiro atoms. The van der Waals surface area contributed by atoms with Crippen molar-refractivity contribution in [2.45, 2.75) is 83.0 Å². The van der Waals surface area contributed by atoms with E-state index in [0.29, 0.717) is 38.0 Å². The van der Waals surface area contributed by atoms with Gasteiger partial charge in [-0.15, -0.1) is 0 Å². The Labute approximate surface area is 210 Å². The quantitative estimate of drug-likeness (QED) is 0.110. The molecule has 0 rings (SSSR count). The third kappa shape index (κ3) is 13.3. The highest BCUT2D eigenvalue weighted by molar-refractivity contribution is 7.98. The van der Waals surface area contributed by atoms with Gasteiger partial charge >= 0.3 is 11.9 Å². The molecular weight excluding hydrogens is 478 g/mol. The van der Waals surface area contributed by atoms with Gasteiger partial charge in [0.25, 0.3) is 0 Å². The molecule has 0 heterocycles. The molecule has 0 aromatic heterocycles. The van der Waals surface area contributed by atoms with Crippen molar-refractivity contribution < 1.29 is 34.2 Å². The van der Waals surface area contributed by atoms with E-state index in [1.165, 1.54) is 11.8 Å². The second kappa shape index (κ2) is 18.0. The molecule has 0 aliphatic rings. The van der Waals surface area contributed by atoms with Gasteiger partial charge in [-0.2, -0.15) is 11.8 Å². The number of nitrogens with one attached hydrogen (secondary N) is 3. The van der Waals surface area contributed by atoms with E-state index in [9.17, 15) is 29.1 Å². The Morgan fingerprint density at radius 3 is 1.97 bits per heavy atom. The lowest BCUT2D eigenvalue weighted by Gasteiger charge is -2.26. The van der Waals surface area contributed by atoms with E-state index < -0.39 is 60.2 Å². The van der Waals surface area contributed by atoms with Crippen LogP contribution in [0.5, 0.6) is 0 Å². The van der Waals surface area contributed by atoms with Crippen molar-refractivity contribution in [1.82, 2.24) is 16.0 Å². The molecular formula is C22H41N5O7S. The van der Waals surface area contributed by atoms with Crippen LogP contribution in [0, 0.1) is 5.92 Å². The Bertz CT molecular complexity index is 710. The summed E-state index contributed by atoms with van der Waals surface area (Å²) in [6, 6.07) is -4.33. The molecule has 0 saturated heterocycles. The van der Waals surface area contributed by atoms with Crippen LogP contribution < -0.4 is 27.4 Å². The van der Waals surface area contributed by atoms with Gasteiger partial charge in [0.05, 0.1) is 6.04 Å². The number of unbranched alkanes of at least 4 members (excludes halogenated alkanes) is 1. The van der Waals surface area contributed by atoms with Gasteiger partial charge in [0.15, 0.2) is 0 Å². The fraction of sp³-hybridized carbons (Fsp3) is 0.773. The maximum atomic E-state index is 13.0. The van der Waals surface area contributed by atoms with Crippen LogP contribution in [-0.2, 0) is 24.0 Å². The number of nitrogens with two attached hydrogens (primary N) is 2. The maximum absolute atomic E-state index is 13.0. The zero-order valence-corrected chi connectivity index (χ0v) is 21.6. The van der Waals surface area contributed by atoms with Gasteiger partial charge in [-0.1, -0.05) is 20.3 Å². The predicted octanol–water partition coefficient (Wildman–Crippen LogP) is -0.354. The van der Waals surface area contributed by atoms with E-state index in [1.807, 2.05) is 6.26 Å². The van der Waals surface area contributed by atoms with E-state index >= 15 is 0 Å². The minimum absolute atomic E-state index is 0.189. The van der Waals surface area contributed by atoms with Gasteiger partial charge in [-0.25, -0.2) is 4.79 Å². The molecule has 0 radical (unpaired) electrons. The number of carbonyl (C=O) groups is 5. The number of carboxylic acid groups (broad SMARTS) is 2. The van der Waals surface area contributed by atoms with Crippen LogP contribution in [0.4, 0.5) is 0 Å². The Hall–Kier alpha value is -2.38. The van der Waals surface area contributed by atoms with Crippen molar-refractivity contribution in [3.63, 3.8) is 0 Å². The van der Waals surface area contributed by atoms with E-state index in [-0.39, 0.29) is 18.8 Å². The second-order valence-corrected chi connectivity index (χ2v) is 9.42. The third-order valence-electron chi connectivity index (χ3n) is 5.61. The topological polar surface area (TPSA) is 214 Å². The number of hydrogen-bond acceptors (Lipinski definition) is 8. The van der Waals surface area contributed by atoms with Gasteiger partial charge < -0.3 is 37.6 Å². The summed E-state index contributed by atoms with van der Waals surface area (Å²) < 4.78 is 0. The van der Waals surface area contributed by atoms with Crippen LogP contribution in [0.1, 0.15) is 58.8 Å². The minimum Gasteiger partial charge on any atom is -0.481 e. The number of carboxylic acids is 2. The molecule has 0 saturated carbocycles. The fourth-order valence-corrected chi connectivity index (χ4v) is 3.65. The number of hydrogen-bond donors (Lipinski definition) is 7. The largest absolute Gasteiger partial charge is 0.481 e. The number of thioether (sulfide) groups is 1. The smallest absolute Gasteiger partial charge is 0.326 e. The highest BCUT2D eigenvalue weighted by Crippen LogP contribution is 2.10. The number of rotatable bonds is 19. The van der Waals surface area contributed by atoms with Crippen LogP contribution in [0.3, 0.4) is 0 Å². The zero-order chi connectivity index (χ0) is 27.0. The average Bonchev–Trinajstić information content (AvgIpc) is 2.81. The van der Waals surface area contributed by atoms with E-state index in [2.05, 4.69) is 16.0 Å². The van der Waals surface area contributed by atoms with Crippen molar-refractivity contribution in [3.8, 4) is 0 Å². The van der Waals surface area contributed by atoms with Crippen molar-refractivity contribution in [2.24, 2.45) is 17.4 Å². The lowest BCUT2D eigenvalue weighted by atomic mass is 9.98. The maximum Gasteiger partial charge on any atom is 0.326 e. The van der Waals surface area contributed by atoms with Gasteiger partial charge in [-0.05, 0) is 56.6 Å². The molecule has 0 aromatic rings. The summed E-state index contributed by atoms with van der Waals surface area (Å²) in [6.45, 7) is 3.86. The molecule has 13 heteroatoms. The number of aliphatic carboxylic acids is 2. The summed E-state index contributed by atoms with van der Waals surface area (Å²) in [5.74, 6) is -4.09. The first kappa shape index (κ1) is 32.6. The SMILES string of the molecule is CCC(C)C(NC(=O)C(CCCCN)NC(=O)C(CCC(=O)O)NC(=O)C(N)CCSC)C(=O)O. The molecule has 12 nitrogen and oxygen atoms in total. The summed E-state index contributed by atoms with van der Waals surface area (Å²) in [6.07, 6.45) is 3.41. The second-order valence-electron chi connectivity index (χ2n) is 8.44. The third-order valence-corrected chi connectivity index (χ3v) is 6.25. The molecule has 202 valence electrons. The monoisotopic (exact) mass is 519 g/mol. The average molecular weight is 520 g/mol. The first-order chi connectivity index (χ1) is 16.5. The zero-order valence-electron chi connectivity index (χ0n) is 20.7. The Kier molecular flexibility index (Phi) is 16.7. The molecule has 0 aliphatic carbocycles. The molecule has 0 aliphatic heterocycles. The molecule has 5 atom stereocenters. The summed E-state index contributed by atoms with van der Waals surface area (Å²) >= 11 is 1.51. The van der Waals surface area contributed by atoms with Gasteiger partial charge in [0.1, 0.15) is 18.1 Å². The Balaban J connectivity index is 5.58. The van der Waals surface area contributed by atoms with Crippen molar-refractivity contribution in [3.05, 3.63) is 0 Å². The van der Waals surface area contributed by atoms with Crippen molar-refractivity contribution in [2.75, 3.05) is 18.6 Å². The molecule has 0 bridgehead atoms. The van der Waals surface area contributed by atoms with E-state index in [1.54, 1.807) is 13.8 Å². The van der Waals surface area contributed by atoms with Crippen molar-refractivity contribution >= 4 is 41.4 Å². The molecule has 9 N–H and O–H groups in total.